The fourth-order valence-electron chi connectivity index (χ4n) is 1.95. The minimum Gasteiger partial charge on any atom is -0.873 e. The third-order valence-corrected chi connectivity index (χ3v) is 3.62. The topological polar surface area (TPSA) is 124 Å². The van der Waals surface area contributed by atoms with Crippen molar-refractivity contribution in [1.82, 2.24) is 0 Å². The molecular formula is C20H26O5Sb2-4. The van der Waals surface area contributed by atoms with Crippen LogP contribution in [0.4, 0.5) is 0 Å². The molecule has 0 saturated carbocycles. The van der Waals surface area contributed by atoms with Crippen molar-refractivity contribution in [2.24, 2.45) is 0 Å². The number of benzene rings is 2. The first-order valence-electron chi connectivity index (χ1n) is 7.79. The van der Waals surface area contributed by atoms with Crippen LogP contribution in [0.1, 0.15) is 52.7 Å². The molecular weight excluding hydrogens is 564 g/mol. The Kier molecular flexibility index (Phi) is 13.7. The molecule has 0 fully saturated rings. The van der Waals surface area contributed by atoms with E-state index in [2.05, 4.69) is 0 Å². The van der Waals surface area contributed by atoms with Crippen molar-refractivity contribution in [2.45, 2.75) is 52.4 Å². The summed E-state index contributed by atoms with van der Waals surface area (Å²) in [6.45, 7) is 12.0. The molecule has 0 aliphatic carbocycles. The summed E-state index contributed by atoms with van der Waals surface area (Å²) in [4.78, 5) is 0. The van der Waals surface area contributed by atoms with E-state index in [0.717, 1.165) is 11.1 Å². The van der Waals surface area contributed by atoms with Gasteiger partial charge >= 0.3 is 0 Å². The SMILES string of the molecule is CC(C)(C)c1ccc([O-])c([O-])c1.CC(C)(C)c1ccc([O-])c([O-])c1.O.[Sb].[Sb]. The predicted molar refractivity (Wildman–Crippen MR) is 103 cm³/mol. The van der Waals surface area contributed by atoms with Crippen LogP contribution in [0.2, 0.25) is 0 Å². The van der Waals surface area contributed by atoms with Crippen LogP contribution in [0.5, 0.6) is 23.0 Å². The van der Waals surface area contributed by atoms with Crippen molar-refractivity contribution in [1.29, 1.82) is 0 Å². The van der Waals surface area contributed by atoms with Crippen molar-refractivity contribution >= 4 is 48.9 Å². The Balaban J connectivity index is -0.000000384. The minimum atomic E-state index is -0.428. The van der Waals surface area contributed by atoms with E-state index in [1.54, 1.807) is 12.1 Å². The van der Waals surface area contributed by atoms with Gasteiger partial charge in [0.2, 0.25) is 0 Å². The maximum atomic E-state index is 11.0. The average Bonchev–Trinajstić information content (AvgIpc) is 2.43. The van der Waals surface area contributed by atoms with Gasteiger partial charge in [0.05, 0.1) is 0 Å². The Bertz CT molecular complexity index is 643. The van der Waals surface area contributed by atoms with E-state index in [9.17, 15) is 20.4 Å². The van der Waals surface area contributed by atoms with Crippen LogP contribution in [-0.4, -0.2) is 54.3 Å². The zero-order valence-corrected chi connectivity index (χ0v) is 21.6. The van der Waals surface area contributed by atoms with E-state index >= 15 is 0 Å². The van der Waals surface area contributed by atoms with Gasteiger partial charge in [-0.05, 0) is 22.0 Å². The summed E-state index contributed by atoms with van der Waals surface area (Å²) in [6.07, 6.45) is 0. The van der Waals surface area contributed by atoms with Gasteiger partial charge in [0.25, 0.3) is 0 Å². The molecule has 0 saturated heterocycles. The summed E-state index contributed by atoms with van der Waals surface area (Å²) in [5, 5.41) is 43.5. The van der Waals surface area contributed by atoms with E-state index in [4.69, 9.17) is 0 Å². The Labute approximate surface area is 196 Å². The molecule has 0 aliphatic rings. The van der Waals surface area contributed by atoms with E-state index in [0.29, 0.717) is 0 Å². The van der Waals surface area contributed by atoms with Crippen molar-refractivity contribution in [3.05, 3.63) is 47.5 Å². The first-order valence-corrected chi connectivity index (χ1v) is 7.79. The first kappa shape index (κ1) is 30.9. The minimum absolute atomic E-state index is 0. The van der Waals surface area contributed by atoms with Crippen LogP contribution in [0.15, 0.2) is 36.4 Å². The van der Waals surface area contributed by atoms with Gasteiger partial charge in [0.15, 0.2) is 0 Å². The Morgan fingerprint density at radius 3 is 0.963 bits per heavy atom. The fraction of sp³-hybridized carbons (Fsp3) is 0.400. The molecule has 150 valence electrons. The average molecular weight is 590 g/mol. The quantitative estimate of drug-likeness (QED) is 0.419. The summed E-state index contributed by atoms with van der Waals surface area (Å²) >= 11 is 0. The van der Waals surface area contributed by atoms with Crippen LogP contribution in [0, 0.1) is 0 Å². The Morgan fingerprint density at radius 1 is 0.519 bits per heavy atom. The molecule has 0 spiro atoms. The monoisotopic (exact) mass is 588 g/mol. The van der Waals surface area contributed by atoms with E-state index in [1.165, 1.54) is 24.3 Å². The second-order valence-corrected chi connectivity index (χ2v) is 7.82. The first-order chi connectivity index (χ1) is 10.8. The van der Waals surface area contributed by atoms with Gasteiger partial charge in [0, 0.05) is 48.9 Å². The molecule has 0 atom stereocenters. The predicted octanol–water partition coefficient (Wildman–Crippen LogP) is 0.676. The summed E-state index contributed by atoms with van der Waals surface area (Å²) in [5.74, 6) is -1.68. The van der Waals surface area contributed by atoms with Crippen LogP contribution < -0.4 is 20.4 Å². The standard InChI is InChI=1S/2C10H14O2.H2O.2Sb/c2*1-10(2,3)7-4-5-8(11)9(12)6-7;;;/h2*4-6,11-12H,1-3H3;1H2;;/p-4. The molecule has 0 bridgehead atoms. The van der Waals surface area contributed by atoms with Crippen LogP contribution in [-0.2, 0) is 10.8 Å². The van der Waals surface area contributed by atoms with Gasteiger partial charge in [-0.15, -0.1) is 23.0 Å². The second-order valence-electron chi connectivity index (χ2n) is 7.82. The van der Waals surface area contributed by atoms with E-state index in [-0.39, 0.29) is 65.2 Å². The molecule has 5 nitrogen and oxygen atoms in total. The zero-order valence-electron chi connectivity index (χ0n) is 16.5. The number of hydrogen-bond acceptors (Lipinski definition) is 4. The summed E-state index contributed by atoms with van der Waals surface area (Å²) in [5.41, 5.74) is 1.69. The van der Waals surface area contributed by atoms with Gasteiger partial charge in [-0.3, -0.25) is 0 Å². The molecule has 2 aromatic rings. The third kappa shape index (κ3) is 9.83. The maximum Gasteiger partial charge on any atom is 0 e. The molecule has 6 radical (unpaired) electrons. The van der Waals surface area contributed by atoms with Crippen molar-refractivity contribution in [3.8, 4) is 23.0 Å². The van der Waals surface area contributed by atoms with E-state index < -0.39 is 23.0 Å². The van der Waals surface area contributed by atoms with Crippen LogP contribution in [0.3, 0.4) is 0 Å². The van der Waals surface area contributed by atoms with Gasteiger partial charge in [-0.1, -0.05) is 77.9 Å². The zero-order chi connectivity index (χ0) is 18.7. The second kappa shape index (κ2) is 11.9. The van der Waals surface area contributed by atoms with Crippen molar-refractivity contribution in [2.75, 3.05) is 0 Å². The van der Waals surface area contributed by atoms with E-state index in [1.807, 2.05) is 41.5 Å². The van der Waals surface area contributed by atoms with Crippen LogP contribution >= 0.6 is 0 Å². The Morgan fingerprint density at radius 2 is 0.778 bits per heavy atom. The summed E-state index contributed by atoms with van der Waals surface area (Å²) in [7, 11) is 0. The van der Waals surface area contributed by atoms with Gasteiger partial charge in [-0.2, -0.15) is 0 Å². The normalized spacial score (nSPS) is 10.3. The number of rotatable bonds is 0. The molecule has 0 unspecified atom stereocenters. The molecule has 0 amide bonds. The molecule has 0 aliphatic heterocycles. The summed E-state index contributed by atoms with van der Waals surface area (Å²) < 4.78 is 0. The maximum absolute atomic E-state index is 11.0. The number of hydrogen-bond donors (Lipinski definition) is 0. The largest absolute Gasteiger partial charge is 0.873 e. The van der Waals surface area contributed by atoms with Crippen molar-refractivity contribution < 1.29 is 25.9 Å². The molecule has 2 N–H and O–H groups in total. The van der Waals surface area contributed by atoms with Crippen LogP contribution in [0.25, 0.3) is 0 Å². The van der Waals surface area contributed by atoms with Gasteiger partial charge in [0.1, 0.15) is 0 Å². The molecule has 2 aromatic carbocycles. The smallest absolute Gasteiger partial charge is 0 e. The molecule has 2 rings (SSSR count). The Hall–Kier alpha value is -0.764. The van der Waals surface area contributed by atoms with Crippen molar-refractivity contribution in [3.63, 3.8) is 0 Å². The molecule has 0 aromatic heterocycles. The molecule has 7 heteroatoms. The summed E-state index contributed by atoms with van der Waals surface area (Å²) in [6, 6.07) is 8.93. The van der Waals surface area contributed by atoms with Gasteiger partial charge < -0.3 is 25.9 Å². The third-order valence-electron chi connectivity index (χ3n) is 3.62. The molecule has 0 heterocycles. The molecule has 27 heavy (non-hydrogen) atoms. The van der Waals surface area contributed by atoms with Gasteiger partial charge in [-0.25, -0.2) is 0 Å². The fourth-order valence-corrected chi connectivity index (χ4v) is 1.95.